The zero-order valence-corrected chi connectivity index (χ0v) is 23.9. The number of carbonyl (C=O) groups excluding carboxylic acids is 1. The molecular weight excluding hydrogens is 595 g/mol. The molecule has 0 spiro atoms. The van der Waals surface area contributed by atoms with Crippen molar-refractivity contribution in [2.24, 2.45) is 5.92 Å². The maximum absolute atomic E-state index is 14.5. The van der Waals surface area contributed by atoms with Crippen LogP contribution in [-0.4, -0.2) is 55.6 Å². The lowest BCUT2D eigenvalue weighted by molar-refractivity contribution is -0.147. The van der Waals surface area contributed by atoms with Gasteiger partial charge in [0, 0.05) is 36.9 Å². The zero-order valence-electron chi connectivity index (χ0n) is 22.3. The minimum Gasteiger partial charge on any atom is -0.381 e. The van der Waals surface area contributed by atoms with Gasteiger partial charge in [0.1, 0.15) is 10.9 Å². The van der Waals surface area contributed by atoms with E-state index in [-0.39, 0.29) is 28.9 Å². The number of ether oxygens (including phenoxy) is 1. The van der Waals surface area contributed by atoms with Crippen LogP contribution in [-0.2, 0) is 21.3 Å². The molecule has 2 fully saturated rings. The lowest BCUT2D eigenvalue weighted by atomic mass is 9.89. The third kappa shape index (κ3) is 7.57. The van der Waals surface area contributed by atoms with E-state index in [2.05, 4.69) is 10.4 Å². The number of alkyl halides is 5. The Bertz CT molecular complexity index is 1340. The lowest BCUT2D eigenvalue weighted by Gasteiger charge is -2.23. The Kier molecular flexibility index (Phi) is 9.97. The van der Waals surface area contributed by atoms with E-state index in [0.717, 1.165) is 44.2 Å². The first-order valence-corrected chi connectivity index (χ1v) is 15.3. The first kappa shape index (κ1) is 31.6. The van der Waals surface area contributed by atoms with Gasteiger partial charge in [0.2, 0.25) is 10.0 Å². The fourth-order valence-corrected chi connectivity index (χ4v) is 7.05. The minimum atomic E-state index is -4.92. The summed E-state index contributed by atoms with van der Waals surface area (Å²) in [6.07, 6.45) is -2.08. The van der Waals surface area contributed by atoms with Crippen molar-refractivity contribution in [3.63, 3.8) is 0 Å². The number of hydrogen-bond donors (Lipinski definition) is 2. The van der Waals surface area contributed by atoms with Crippen LogP contribution in [0.2, 0.25) is 5.02 Å². The molecule has 4 rings (SSSR count). The molecule has 2 N–H and O–H groups in total. The van der Waals surface area contributed by atoms with E-state index in [0.29, 0.717) is 39.5 Å². The Labute approximate surface area is 240 Å². The Morgan fingerprint density at radius 1 is 1.15 bits per heavy atom. The number of nitrogens with one attached hydrogen (secondary N) is 2. The molecule has 0 bridgehead atoms. The highest BCUT2D eigenvalue weighted by Gasteiger charge is 2.40. The fraction of sp³-hybridized carbons (Fsp3) is 0.615. The monoisotopic (exact) mass is 626 g/mol. The molecule has 1 atom stereocenters. The van der Waals surface area contributed by atoms with Crippen molar-refractivity contribution in [2.75, 3.05) is 13.2 Å². The van der Waals surface area contributed by atoms with Gasteiger partial charge in [-0.1, -0.05) is 36.9 Å². The Balaban J connectivity index is 1.75. The molecule has 1 aromatic heterocycles. The molecular formula is C26H32ClF5N4O4S. The van der Waals surface area contributed by atoms with Gasteiger partial charge in [0.05, 0.1) is 10.7 Å². The second kappa shape index (κ2) is 12.9. The maximum atomic E-state index is 14.5. The van der Waals surface area contributed by atoms with Crippen molar-refractivity contribution >= 4 is 27.5 Å². The molecule has 0 radical (unpaired) electrons. The molecule has 2 aromatic rings. The highest BCUT2D eigenvalue weighted by atomic mass is 35.5. The van der Waals surface area contributed by atoms with Gasteiger partial charge < -0.3 is 10.1 Å². The molecule has 8 nitrogen and oxygen atoms in total. The van der Waals surface area contributed by atoms with Gasteiger partial charge in [0.15, 0.2) is 5.69 Å². The predicted octanol–water partition coefficient (Wildman–Crippen LogP) is 5.86. The van der Waals surface area contributed by atoms with Crippen LogP contribution in [0, 0.1) is 5.92 Å². The molecule has 1 aliphatic carbocycles. The number of aromatic nitrogens is 2. The van der Waals surface area contributed by atoms with Crippen LogP contribution in [0.1, 0.15) is 74.3 Å². The number of nitrogens with zero attached hydrogens (tertiary/aromatic N) is 2. The summed E-state index contributed by atoms with van der Waals surface area (Å²) in [4.78, 5) is 12.2. The highest BCUT2D eigenvalue weighted by molar-refractivity contribution is 7.89. The molecule has 2 heterocycles. The van der Waals surface area contributed by atoms with Gasteiger partial charge in [-0.3, -0.25) is 9.48 Å². The standard InChI is InChI=1S/C26H32ClF5N4O4S/c1-15(26(30,31)32)35-41(38,39)21-8-7-18(22(23(21)27)24(28)29)20-13-19(25(37)33-17-9-11-40-12-10-17)34-36(20)14-16-5-3-2-4-6-16/h7-8,13,15-17,24,35H,2-6,9-12,14H2,1H3,(H,33,37). The normalized spacial score (nSPS) is 18.5. The van der Waals surface area contributed by atoms with Crippen LogP contribution in [0.5, 0.6) is 0 Å². The second-order valence-electron chi connectivity index (χ2n) is 10.5. The molecule has 1 aromatic carbocycles. The highest BCUT2D eigenvalue weighted by Crippen LogP contribution is 2.41. The number of benzene rings is 1. The number of halogens is 6. The number of amides is 1. The third-order valence-electron chi connectivity index (χ3n) is 7.48. The van der Waals surface area contributed by atoms with Crippen molar-refractivity contribution in [3.8, 4) is 11.3 Å². The lowest BCUT2D eigenvalue weighted by Crippen LogP contribution is -2.43. The molecule has 2 aliphatic rings. The first-order chi connectivity index (χ1) is 19.3. The summed E-state index contributed by atoms with van der Waals surface area (Å²) in [6, 6.07) is 0.689. The smallest absolute Gasteiger partial charge is 0.381 e. The van der Waals surface area contributed by atoms with Gasteiger partial charge in [-0.05, 0) is 50.7 Å². The van der Waals surface area contributed by atoms with Crippen LogP contribution >= 0.6 is 11.6 Å². The molecule has 228 valence electrons. The van der Waals surface area contributed by atoms with E-state index in [1.54, 1.807) is 0 Å². The average Bonchev–Trinajstić information content (AvgIpc) is 3.32. The SMILES string of the molecule is CC(NS(=O)(=O)c1ccc(-c2cc(C(=O)NC3CCOCC3)nn2CC2CCCCC2)c(C(F)F)c1Cl)C(F)(F)F. The summed E-state index contributed by atoms with van der Waals surface area (Å²) < 4.78 is 102. The molecule has 1 aliphatic heterocycles. The van der Waals surface area contributed by atoms with Gasteiger partial charge in [-0.2, -0.15) is 23.0 Å². The average molecular weight is 627 g/mol. The molecule has 1 saturated carbocycles. The molecule has 1 amide bonds. The van der Waals surface area contributed by atoms with E-state index in [1.165, 1.54) is 15.5 Å². The van der Waals surface area contributed by atoms with Gasteiger partial charge in [0.25, 0.3) is 12.3 Å². The summed E-state index contributed by atoms with van der Waals surface area (Å²) >= 11 is 6.18. The third-order valence-corrected chi connectivity index (χ3v) is 9.58. The number of sulfonamides is 1. The van der Waals surface area contributed by atoms with Gasteiger partial charge in [-0.15, -0.1) is 0 Å². The predicted molar refractivity (Wildman–Crippen MR) is 141 cm³/mol. The number of rotatable bonds is 9. The Hall–Kier alpha value is -2.29. The van der Waals surface area contributed by atoms with Crippen molar-refractivity contribution < 1.29 is 39.9 Å². The van der Waals surface area contributed by atoms with Crippen LogP contribution in [0.25, 0.3) is 11.3 Å². The minimum absolute atomic E-state index is 0.00370. The summed E-state index contributed by atoms with van der Waals surface area (Å²) in [5, 5.41) is 6.43. The largest absolute Gasteiger partial charge is 0.404 e. The summed E-state index contributed by atoms with van der Waals surface area (Å²) in [5.74, 6) is -0.304. The fourth-order valence-electron chi connectivity index (χ4n) is 5.18. The van der Waals surface area contributed by atoms with Crippen molar-refractivity contribution in [1.29, 1.82) is 0 Å². The summed E-state index contributed by atoms with van der Waals surface area (Å²) in [5.41, 5.74) is -0.918. The van der Waals surface area contributed by atoms with E-state index < -0.39 is 50.1 Å². The first-order valence-electron chi connectivity index (χ1n) is 13.4. The van der Waals surface area contributed by atoms with Crippen molar-refractivity contribution in [2.45, 2.75) is 88.0 Å². The van der Waals surface area contributed by atoms with Crippen LogP contribution in [0.15, 0.2) is 23.1 Å². The molecule has 1 unspecified atom stereocenters. The second-order valence-corrected chi connectivity index (χ2v) is 12.5. The summed E-state index contributed by atoms with van der Waals surface area (Å²) in [7, 11) is -4.92. The molecule has 1 saturated heterocycles. The van der Waals surface area contributed by atoms with Crippen LogP contribution < -0.4 is 10.0 Å². The van der Waals surface area contributed by atoms with Gasteiger partial charge in [-0.25, -0.2) is 17.2 Å². The Morgan fingerprint density at radius 2 is 1.80 bits per heavy atom. The summed E-state index contributed by atoms with van der Waals surface area (Å²) in [6.45, 7) is 1.92. The Morgan fingerprint density at radius 3 is 2.41 bits per heavy atom. The maximum Gasteiger partial charge on any atom is 0.404 e. The van der Waals surface area contributed by atoms with Crippen molar-refractivity contribution in [3.05, 3.63) is 34.5 Å². The van der Waals surface area contributed by atoms with E-state index in [1.807, 2.05) is 0 Å². The van der Waals surface area contributed by atoms with E-state index >= 15 is 0 Å². The zero-order chi connectivity index (χ0) is 29.9. The van der Waals surface area contributed by atoms with Gasteiger partial charge >= 0.3 is 6.18 Å². The quantitative estimate of drug-likeness (QED) is 0.340. The van der Waals surface area contributed by atoms with Crippen LogP contribution in [0.4, 0.5) is 22.0 Å². The number of hydrogen-bond acceptors (Lipinski definition) is 5. The van der Waals surface area contributed by atoms with Crippen molar-refractivity contribution in [1.82, 2.24) is 19.8 Å². The van der Waals surface area contributed by atoms with Crippen LogP contribution in [0.3, 0.4) is 0 Å². The van der Waals surface area contributed by atoms with E-state index in [9.17, 15) is 35.2 Å². The topological polar surface area (TPSA) is 102 Å². The van der Waals surface area contributed by atoms with E-state index in [4.69, 9.17) is 16.3 Å². The molecule has 15 heteroatoms. The molecule has 41 heavy (non-hydrogen) atoms. The number of carbonyl (C=O) groups is 1.